The molecule has 0 aliphatic carbocycles. The van der Waals surface area contributed by atoms with Crippen LogP contribution in [0.3, 0.4) is 0 Å². The zero-order valence-electron chi connectivity index (χ0n) is 11.5. The highest BCUT2D eigenvalue weighted by molar-refractivity contribution is 6.28. The summed E-state index contributed by atoms with van der Waals surface area (Å²) in [4.78, 5) is 10.5. The van der Waals surface area contributed by atoms with Gasteiger partial charge in [-0.25, -0.2) is 4.98 Å². The fraction of sp³-hybridized carbons (Fsp3) is 0.429. The number of fused-ring (bicyclic) bond motifs is 1. The second-order valence-electron chi connectivity index (χ2n) is 5.69. The van der Waals surface area contributed by atoms with Crippen LogP contribution < -0.4 is 4.90 Å². The van der Waals surface area contributed by atoms with Crippen LogP contribution in [0.1, 0.15) is 26.3 Å². The Morgan fingerprint density at radius 1 is 1.11 bits per heavy atom. The normalized spacial score (nSPS) is 11.9. The molecule has 0 amide bonds. The fourth-order valence-corrected chi connectivity index (χ4v) is 2.06. The topological polar surface area (TPSA) is 29.0 Å². The maximum atomic E-state index is 5.95. The third kappa shape index (κ3) is 2.41. The summed E-state index contributed by atoms with van der Waals surface area (Å²) in [6, 6.07) is 6.27. The first-order valence-electron chi connectivity index (χ1n) is 5.94. The van der Waals surface area contributed by atoms with E-state index in [0.29, 0.717) is 0 Å². The zero-order chi connectivity index (χ0) is 13.5. The molecule has 18 heavy (non-hydrogen) atoms. The van der Waals surface area contributed by atoms with Gasteiger partial charge in [0.1, 0.15) is 5.82 Å². The summed E-state index contributed by atoms with van der Waals surface area (Å²) in [7, 11) is 3.92. The van der Waals surface area contributed by atoms with Gasteiger partial charge in [-0.1, -0.05) is 26.8 Å². The van der Waals surface area contributed by atoms with Crippen molar-refractivity contribution in [2.75, 3.05) is 19.0 Å². The molecule has 0 saturated carbocycles. The van der Waals surface area contributed by atoms with E-state index in [0.717, 1.165) is 16.7 Å². The van der Waals surface area contributed by atoms with Crippen molar-refractivity contribution in [3.63, 3.8) is 0 Å². The Bertz CT molecular complexity index is 585. The van der Waals surface area contributed by atoms with Crippen molar-refractivity contribution in [3.8, 4) is 0 Å². The summed E-state index contributed by atoms with van der Waals surface area (Å²) in [6.07, 6.45) is 0. The molecule has 96 valence electrons. The molecule has 2 aromatic rings. The van der Waals surface area contributed by atoms with E-state index >= 15 is 0 Å². The lowest BCUT2D eigenvalue weighted by Gasteiger charge is -2.21. The van der Waals surface area contributed by atoms with Gasteiger partial charge in [-0.2, -0.15) is 4.98 Å². The van der Waals surface area contributed by atoms with Crippen LogP contribution in [0.4, 0.5) is 5.82 Å². The first kappa shape index (κ1) is 13.1. The maximum Gasteiger partial charge on any atom is 0.224 e. The van der Waals surface area contributed by atoms with Crippen LogP contribution in [0.25, 0.3) is 10.9 Å². The number of nitrogens with zero attached hydrogens (tertiary/aromatic N) is 3. The quantitative estimate of drug-likeness (QED) is 0.736. The number of rotatable bonds is 1. The van der Waals surface area contributed by atoms with Gasteiger partial charge in [-0.15, -0.1) is 0 Å². The Morgan fingerprint density at radius 2 is 1.78 bits per heavy atom. The molecule has 0 bridgehead atoms. The van der Waals surface area contributed by atoms with Gasteiger partial charge in [-0.05, 0) is 34.7 Å². The molecule has 3 nitrogen and oxygen atoms in total. The van der Waals surface area contributed by atoms with Crippen LogP contribution >= 0.6 is 11.6 Å². The molecule has 4 heteroatoms. The van der Waals surface area contributed by atoms with E-state index in [1.807, 2.05) is 25.1 Å². The van der Waals surface area contributed by atoms with E-state index in [4.69, 9.17) is 11.6 Å². The van der Waals surface area contributed by atoms with Crippen LogP contribution in [0.15, 0.2) is 18.2 Å². The third-order valence-corrected chi connectivity index (χ3v) is 3.11. The van der Waals surface area contributed by atoms with Gasteiger partial charge in [-0.3, -0.25) is 0 Å². The average Bonchev–Trinajstić information content (AvgIpc) is 2.25. The first-order chi connectivity index (χ1) is 8.29. The van der Waals surface area contributed by atoms with E-state index in [1.54, 1.807) is 0 Å². The molecule has 0 N–H and O–H groups in total. The van der Waals surface area contributed by atoms with Crippen molar-refractivity contribution >= 4 is 28.3 Å². The third-order valence-electron chi connectivity index (χ3n) is 2.94. The number of halogens is 1. The molecule has 0 radical (unpaired) electrons. The Kier molecular flexibility index (Phi) is 3.20. The predicted octanol–water partition coefficient (Wildman–Crippen LogP) is 3.65. The van der Waals surface area contributed by atoms with Crippen LogP contribution in [-0.4, -0.2) is 24.1 Å². The van der Waals surface area contributed by atoms with Crippen molar-refractivity contribution < 1.29 is 0 Å². The van der Waals surface area contributed by atoms with Gasteiger partial charge in [0.2, 0.25) is 5.28 Å². The van der Waals surface area contributed by atoms with Crippen molar-refractivity contribution in [2.45, 2.75) is 26.2 Å². The second-order valence-corrected chi connectivity index (χ2v) is 6.03. The summed E-state index contributed by atoms with van der Waals surface area (Å²) in [5.74, 6) is 0.858. The highest BCUT2D eigenvalue weighted by atomic mass is 35.5. The SMILES string of the molecule is CN(C)c1nc(Cl)nc2ccc(C(C)(C)C)cc12. The highest BCUT2D eigenvalue weighted by Gasteiger charge is 2.16. The average molecular weight is 264 g/mol. The van der Waals surface area contributed by atoms with Gasteiger partial charge in [0.25, 0.3) is 0 Å². The summed E-state index contributed by atoms with van der Waals surface area (Å²) in [5.41, 5.74) is 2.26. The largest absolute Gasteiger partial charge is 0.362 e. The molecule has 0 saturated heterocycles. The smallest absolute Gasteiger partial charge is 0.224 e. The fourth-order valence-electron chi connectivity index (χ4n) is 1.89. The number of benzene rings is 1. The van der Waals surface area contributed by atoms with Crippen LogP contribution in [0.5, 0.6) is 0 Å². The molecular weight excluding hydrogens is 246 g/mol. The van der Waals surface area contributed by atoms with E-state index in [2.05, 4.69) is 42.9 Å². The zero-order valence-corrected chi connectivity index (χ0v) is 12.2. The number of hydrogen-bond donors (Lipinski definition) is 0. The minimum absolute atomic E-state index is 0.109. The molecule has 1 heterocycles. The van der Waals surface area contributed by atoms with Crippen LogP contribution in [0.2, 0.25) is 5.28 Å². The van der Waals surface area contributed by atoms with Gasteiger partial charge >= 0.3 is 0 Å². The second kappa shape index (κ2) is 4.39. The van der Waals surface area contributed by atoms with E-state index in [9.17, 15) is 0 Å². The predicted molar refractivity (Wildman–Crippen MR) is 77.6 cm³/mol. The van der Waals surface area contributed by atoms with E-state index in [1.165, 1.54) is 5.56 Å². The molecule has 0 atom stereocenters. The molecular formula is C14H18ClN3. The monoisotopic (exact) mass is 263 g/mol. The Labute approximate surface area is 113 Å². The Hall–Kier alpha value is -1.35. The summed E-state index contributed by atoms with van der Waals surface area (Å²) < 4.78 is 0. The van der Waals surface area contributed by atoms with Crippen molar-refractivity contribution in [3.05, 3.63) is 29.0 Å². The summed E-state index contributed by atoms with van der Waals surface area (Å²) >= 11 is 5.95. The van der Waals surface area contributed by atoms with Crippen LogP contribution in [0, 0.1) is 0 Å². The van der Waals surface area contributed by atoms with E-state index in [-0.39, 0.29) is 10.7 Å². The van der Waals surface area contributed by atoms with Gasteiger partial charge in [0.15, 0.2) is 0 Å². The standard InChI is InChI=1S/C14H18ClN3/c1-14(2,3)9-6-7-11-10(8-9)12(18(4)5)17-13(15)16-11/h6-8H,1-5H3. The number of hydrogen-bond acceptors (Lipinski definition) is 3. The molecule has 0 aliphatic rings. The summed E-state index contributed by atoms with van der Waals surface area (Å²) in [6.45, 7) is 6.58. The van der Waals surface area contributed by atoms with Gasteiger partial charge < -0.3 is 4.90 Å². The lowest BCUT2D eigenvalue weighted by molar-refractivity contribution is 0.591. The highest BCUT2D eigenvalue weighted by Crippen LogP contribution is 2.30. The Balaban J connectivity index is 2.75. The minimum atomic E-state index is 0.109. The van der Waals surface area contributed by atoms with E-state index < -0.39 is 0 Å². The Morgan fingerprint density at radius 3 is 2.33 bits per heavy atom. The minimum Gasteiger partial charge on any atom is -0.362 e. The lowest BCUT2D eigenvalue weighted by Crippen LogP contribution is -2.14. The number of anilines is 1. The van der Waals surface area contributed by atoms with Crippen molar-refractivity contribution in [1.29, 1.82) is 0 Å². The molecule has 0 unspecified atom stereocenters. The van der Waals surface area contributed by atoms with Crippen LogP contribution in [-0.2, 0) is 5.41 Å². The molecule has 0 spiro atoms. The number of aromatic nitrogens is 2. The lowest BCUT2D eigenvalue weighted by atomic mass is 9.86. The van der Waals surface area contributed by atoms with Crippen molar-refractivity contribution in [2.24, 2.45) is 0 Å². The molecule has 1 aromatic heterocycles. The van der Waals surface area contributed by atoms with Gasteiger partial charge in [0, 0.05) is 19.5 Å². The van der Waals surface area contributed by atoms with Crippen molar-refractivity contribution in [1.82, 2.24) is 9.97 Å². The molecule has 0 fully saturated rings. The summed E-state index contributed by atoms with van der Waals surface area (Å²) in [5, 5.41) is 1.33. The molecule has 1 aromatic carbocycles. The first-order valence-corrected chi connectivity index (χ1v) is 6.32. The molecule has 0 aliphatic heterocycles. The van der Waals surface area contributed by atoms with Gasteiger partial charge in [0.05, 0.1) is 5.52 Å². The maximum absolute atomic E-state index is 5.95. The molecule has 2 rings (SSSR count).